The van der Waals surface area contributed by atoms with Crippen LogP contribution in [0.4, 0.5) is 0 Å². The zero-order valence-electron chi connectivity index (χ0n) is 23.7. The first-order chi connectivity index (χ1) is 19.9. The third-order valence-corrected chi connectivity index (χ3v) is 8.99. The summed E-state index contributed by atoms with van der Waals surface area (Å²) in [6.07, 6.45) is 8.76. The summed E-state index contributed by atoms with van der Waals surface area (Å²) in [5, 5.41) is 11.8. The molecule has 0 unspecified atom stereocenters. The van der Waals surface area contributed by atoms with Crippen LogP contribution in [0.1, 0.15) is 65.0 Å². The molecule has 2 amide bonds. The van der Waals surface area contributed by atoms with Gasteiger partial charge in [-0.2, -0.15) is 0 Å². The normalized spacial score (nSPS) is 19.2. The molecule has 3 aliphatic heterocycles. The molecular formula is C31H38N6O4. The van der Waals surface area contributed by atoms with Gasteiger partial charge in [0.2, 0.25) is 5.91 Å². The molecule has 7 rings (SSSR count). The monoisotopic (exact) mass is 558 g/mol. The minimum atomic E-state index is -0.709. The van der Waals surface area contributed by atoms with Gasteiger partial charge in [-0.1, -0.05) is 17.3 Å². The molecule has 216 valence electrons. The molecule has 0 radical (unpaired) electrons. The van der Waals surface area contributed by atoms with E-state index in [4.69, 9.17) is 4.74 Å². The van der Waals surface area contributed by atoms with Crippen molar-refractivity contribution in [2.75, 3.05) is 26.2 Å². The summed E-state index contributed by atoms with van der Waals surface area (Å²) >= 11 is 0. The minimum Gasteiger partial charge on any atom is -0.494 e. The van der Waals surface area contributed by atoms with E-state index in [1.54, 1.807) is 21.2 Å². The van der Waals surface area contributed by atoms with Crippen molar-refractivity contribution in [1.82, 2.24) is 29.8 Å². The highest BCUT2D eigenvalue weighted by molar-refractivity contribution is 5.94. The molecule has 3 aromatic rings. The fraction of sp³-hybridized carbons (Fsp3) is 0.516. The molecule has 4 bridgehead atoms. The van der Waals surface area contributed by atoms with E-state index in [0.717, 1.165) is 60.4 Å². The molecule has 41 heavy (non-hydrogen) atoms. The molecule has 1 N–H and O–H groups in total. The molecule has 5 heterocycles. The Hall–Kier alpha value is -3.95. The van der Waals surface area contributed by atoms with E-state index in [1.165, 1.54) is 0 Å². The second kappa shape index (κ2) is 11.5. The molecule has 1 spiro atoms. The molecule has 10 heteroatoms. The molecule has 10 nitrogen and oxygen atoms in total. The molecule has 1 saturated heterocycles. The summed E-state index contributed by atoms with van der Waals surface area (Å²) in [6.45, 7) is 2.57. The first-order valence-corrected chi connectivity index (χ1v) is 14.8. The van der Waals surface area contributed by atoms with Gasteiger partial charge >= 0.3 is 0 Å². The molecule has 0 atom stereocenters. The van der Waals surface area contributed by atoms with Gasteiger partial charge in [0.1, 0.15) is 11.3 Å². The van der Waals surface area contributed by atoms with E-state index in [1.807, 2.05) is 36.5 Å². The smallest absolute Gasteiger partial charge is 0.263 e. The number of fused-ring (bicyclic) bond motifs is 9. The van der Waals surface area contributed by atoms with E-state index in [0.29, 0.717) is 58.5 Å². The Labute approximate surface area is 239 Å². The average Bonchev–Trinajstić information content (AvgIpc) is 3.44. The number of benzene rings is 1. The van der Waals surface area contributed by atoms with E-state index in [-0.39, 0.29) is 22.9 Å². The number of aromatic nitrogens is 4. The highest BCUT2D eigenvalue weighted by Gasteiger charge is 2.43. The minimum absolute atomic E-state index is 0.0203. The number of pyridine rings is 1. The van der Waals surface area contributed by atoms with E-state index >= 15 is 0 Å². The van der Waals surface area contributed by atoms with Crippen LogP contribution in [-0.2, 0) is 44.1 Å². The number of ether oxygens (including phenoxy) is 1. The van der Waals surface area contributed by atoms with Crippen LogP contribution >= 0.6 is 0 Å². The lowest BCUT2D eigenvalue weighted by Crippen LogP contribution is -2.52. The molecule has 1 fully saturated rings. The Morgan fingerprint density at radius 3 is 2.59 bits per heavy atom. The number of hydrogen-bond donors (Lipinski definition) is 1. The van der Waals surface area contributed by atoms with Gasteiger partial charge in [0.25, 0.3) is 11.5 Å². The maximum atomic E-state index is 13.8. The predicted octanol–water partition coefficient (Wildman–Crippen LogP) is 2.46. The van der Waals surface area contributed by atoms with Crippen molar-refractivity contribution in [3.05, 3.63) is 75.0 Å². The fourth-order valence-electron chi connectivity index (χ4n) is 6.49. The first-order valence-electron chi connectivity index (χ1n) is 14.8. The average molecular weight is 559 g/mol. The van der Waals surface area contributed by atoms with Crippen LogP contribution < -0.4 is 15.6 Å². The Bertz CT molecular complexity index is 1480. The van der Waals surface area contributed by atoms with Crippen molar-refractivity contribution in [2.24, 2.45) is 12.5 Å². The number of carbonyl (C=O) groups excluding carboxylic acids is 2. The summed E-state index contributed by atoms with van der Waals surface area (Å²) in [5.41, 5.74) is 3.34. The fourth-order valence-corrected chi connectivity index (χ4v) is 6.49. The van der Waals surface area contributed by atoms with Gasteiger partial charge in [0.15, 0.2) is 0 Å². The van der Waals surface area contributed by atoms with Crippen LogP contribution in [0.3, 0.4) is 0 Å². The highest BCUT2D eigenvalue weighted by atomic mass is 16.5. The maximum Gasteiger partial charge on any atom is 0.263 e. The number of aryl methyl sites for hydroxylation is 2. The van der Waals surface area contributed by atoms with Crippen LogP contribution in [0.15, 0.2) is 41.3 Å². The topological polar surface area (TPSA) is 111 Å². The zero-order valence-corrected chi connectivity index (χ0v) is 23.7. The lowest BCUT2D eigenvalue weighted by Gasteiger charge is -2.40. The predicted molar refractivity (Wildman–Crippen MR) is 153 cm³/mol. The third kappa shape index (κ3) is 5.64. The molecule has 1 aromatic carbocycles. The van der Waals surface area contributed by atoms with Crippen molar-refractivity contribution in [3.8, 4) is 5.75 Å². The Morgan fingerprint density at radius 1 is 1.00 bits per heavy atom. The number of nitrogens with one attached hydrogen (secondary N) is 1. The van der Waals surface area contributed by atoms with Gasteiger partial charge in [-0.25, -0.2) is 0 Å². The molecular weight excluding hydrogens is 520 g/mol. The van der Waals surface area contributed by atoms with Gasteiger partial charge < -0.3 is 19.5 Å². The molecule has 0 saturated carbocycles. The van der Waals surface area contributed by atoms with E-state index < -0.39 is 5.41 Å². The summed E-state index contributed by atoms with van der Waals surface area (Å²) < 4.78 is 9.32. The molecule has 1 aliphatic carbocycles. The largest absolute Gasteiger partial charge is 0.494 e. The van der Waals surface area contributed by atoms with Crippen LogP contribution in [0.25, 0.3) is 0 Å². The number of hydrogen-bond acceptors (Lipinski definition) is 6. The van der Waals surface area contributed by atoms with Gasteiger partial charge in [-0.05, 0) is 74.3 Å². The number of rotatable bonds is 1. The number of amides is 2. The Kier molecular flexibility index (Phi) is 7.64. The maximum absolute atomic E-state index is 13.8. The SMILES string of the molecule is Cn1c2c(cc(C(=O)N3CCC4(CC3)Cc3cn(nn3)CCCOc3ccc(cc3)CCNC4=O)c1=O)CCCC2. The number of likely N-dealkylation sites (tertiary alicyclic amines) is 1. The second-order valence-electron chi connectivity index (χ2n) is 11.7. The summed E-state index contributed by atoms with van der Waals surface area (Å²) in [4.78, 5) is 42.3. The summed E-state index contributed by atoms with van der Waals surface area (Å²) in [5.74, 6) is 0.568. The molecule has 4 aliphatic rings. The van der Waals surface area contributed by atoms with Crippen molar-refractivity contribution in [2.45, 2.75) is 64.3 Å². The van der Waals surface area contributed by atoms with Gasteiger partial charge in [-0.3, -0.25) is 19.1 Å². The number of piperidine rings is 1. The van der Waals surface area contributed by atoms with Gasteiger partial charge in [-0.15, -0.1) is 5.10 Å². The van der Waals surface area contributed by atoms with Crippen molar-refractivity contribution < 1.29 is 14.3 Å². The van der Waals surface area contributed by atoms with Crippen molar-refractivity contribution >= 4 is 11.8 Å². The van der Waals surface area contributed by atoms with Gasteiger partial charge in [0.05, 0.1) is 17.7 Å². The zero-order chi connectivity index (χ0) is 28.4. The van der Waals surface area contributed by atoms with Crippen LogP contribution in [0, 0.1) is 5.41 Å². The lowest BCUT2D eigenvalue weighted by molar-refractivity contribution is -0.133. The van der Waals surface area contributed by atoms with E-state index in [9.17, 15) is 14.4 Å². The van der Waals surface area contributed by atoms with E-state index in [2.05, 4.69) is 15.6 Å². The van der Waals surface area contributed by atoms with Crippen molar-refractivity contribution in [3.63, 3.8) is 0 Å². The standard InChI is InChI=1S/C31H38N6O4/c1-35-27-6-3-2-5-23(27)19-26(28(35)38)29(39)36-16-12-31(13-17-36)20-24-21-37(34-33-24)15-4-18-41-25-9-7-22(8-10-25)11-14-32-30(31)40/h7-10,19,21H,2-6,11-18,20H2,1H3,(H,32,40). The quantitative estimate of drug-likeness (QED) is 0.491. The number of nitrogens with zero attached hydrogens (tertiary/aromatic N) is 5. The van der Waals surface area contributed by atoms with Crippen molar-refractivity contribution in [1.29, 1.82) is 0 Å². The van der Waals surface area contributed by atoms with Crippen LogP contribution in [-0.4, -0.2) is 62.5 Å². The Morgan fingerprint density at radius 2 is 1.78 bits per heavy atom. The number of carbonyl (C=O) groups is 2. The summed E-state index contributed by atoms with van der Waals surface area (Å²) in [6, 6.07) is 9.82. The Balaban J connectivity index is 1.21. The molecule has 2 aromatic heterocycles. The van der Waals surface area contributed by atoms with Gasteiger partial charge in [0, 0.05) is 58.0 Å². The highest BCUT2D eigenvalue weighted by Crippen LogP contribution is 2.36. The summed E-state index contributed by atoms with van der Waals surface area (Å²) in [7, 11) is 1.77. The third-order valence-electron chi connectivity index (χ3n) is 8.99. The first kappa shape index (κ1) is 27.2. The van der Waals surface area contributed by atoms with Crippen LogP contribution in [0.2, 0.25) is 0 Å². The second-order valence-corrected chi connectivity index (χ2v) is 11.7. The lowest BCUT2D eigenvalue weighted by atomic mass is 9.73. The van der Waals surface area contributed by atoms with Crippen LogP contribution in [0.5, 0.6) is 5.75 Å².